The van der Waals surface area contributed by atoms with Gasteiger partial charge in [0, 0.05) is 37.2 Å². The molecule has 1 aliphatic carbocycles. The number of aliphatic hydroxyl groups is 1. The second-order valence-electron chi connectivity index (χ2n) is 10.2. The van der Waals surface area contributed by atoms with E-state index in [2.05, 4.69) is 23.6 Å². The number of nitrogens with zero attached hydrogens (tertiary/aromatic N) is 2. The van der Waals surface area contributed by atoms with E-state index in [1.54, 1.807) is 0 Å². The molecule has 1 aliphatic heterocycles. The Morgan fingerprint density at radius 3 is 2.28 bits per heavy atom. The molecule has 1 saturated heterocycles. The first-order valence-electron chi connectivity index (χ1n) is 12.7. The maximum absolute atomic E-state index is 13.5. The summed E-state index contributed by atoms with van der Waals surface area (Å²) in [7, 11) is 0. The molecule has 1 aromatic carbocycles. The third-order valence-corrected chi connectivity index (χ3v) is 7.65. The Kier molecular flexibility index (Phi) is 8.89. The van der Waals surface area contributed by atoms with Crippen LogP contribution in [0.4, 0.5) is 0 Å². The first kappa shape index (κ1) is 24.9. The van der Waals surface area contributed by atoms with E-state index < -0.39 is 5.60 Å². The average molecular weight is 443 g/mol. The number of likely N-dealkylation sites (tertiary alicyclic amines) is 1. The monoisotopic (exact) mass is 442 g/mol. The second-order valence-corrected chi connectivity index (χ2v) is 10.2. The summed E-state index contributed by atoms with van der Waals surface area (Å²) in [5.74, 6) is -0.0697. The second kappa shape index (κ2) is 11.4. The number of amides is 1. The molecule has 0 aromatic heterocycles. The van der Waals surface area contributed by atoms with Crippen molar-refractivity contribution >= 4 is 11.7 Å². The highest BCUT2D eigenvalue weighted by atomic mass is 16.3. The number of Topliss-reactive ketones (excluding diaryl/α,β-unsaturated/α-hetero) is 1. The highest BCUT2D eigenvalue weighted by Crippen LogP contribution is 2.34. The predicted octanol–water partition coefficient (Wildman–Crippen LogP) is 4.68. The molecule has 5 nitrogen and oxygen atoms in total. The molecule has 0 radical (unpaired) electrons. The van der Waals surface area contributed by atoms with E-state index in [9.17, 15) is 14.7 Å². The molecular formula is C27H42N2O3. The highest BCUT2D eigenvalue weighted by Gasteiger charge is 2.43. The minimum absolute atomic E-state index is 0.122. The fourth-order valence-electron chi connectivity index (χ4n) is 5.50. The molecule has 1 saturated carbocycles. The van der Waals surface area contributed by atoms with Gasteiger partial charge >= 0.3 is 0 Å². The van der Waals surface area contributed by atoms with Crippen LogP contribution in [0.5, 0.6) is 0 Å². The number of ketones is 1. The van der Waals surface area contributed by atoms with Crippen LogP contribution in [0.3, 0.4) is 0 Å². The Hall–Kier alpha value is -1.72. The van der Waals surface area contributed by atoms with Crippen molar-refractivity contribution in [3.05, 3.63) is 35.9 Å². The molecule has 178 valence electrons. The van der Waals surface area contributed by atoms with Gasteiger partial charge in [-0.15, -0.1) is 0 Å². The standard InChI is InChI=1S/C27H42N2O3/c1-21(2)29(24-13-8-5-9-14-24)26(31)22(3)27(32)16-19-28(20-17-27)18-10-15-25(30)23-11-6-4-7-12-23/h4,6-7,11-12,21-22,24,32H,5,8-10,13-20H2,1-3H3. The summed E-state index contributed by atoms with van der Waals surface area (Å²) in [6, 6.07) is 9.95. The molecule has 32 heavy (non-hydrogen) atoms. The minimum atomic E-state index is -0.935. The Labute approximate surface area is 194 Å². The van der Waals surface area contributed by atoms with Crippen molar-refractivity contribution in [3.8, 4) is 0 Å². The van der Waals surface area contributed by atoms with Crippen LogP contribution in [0.1, 0.15) is 88.9 Å². The van der Waals surface area contributed by atoms with Crippen LogP contribution in [-0.4, -0.2) is 63.9 Å². The molecule has 0 spiro atoms. The van der Waals surface area contributed by atoms with Crippen LogP contribution >= 0.6 is 0 Å². The van der Waals surface area contributed by atoms with E-state index in [0.29, 0.717) is 25.3 Å². The summed E-state index contributed by atoms with van der Waals surface area (Å²) in [4.78, 5) is 30.2. The van der Waals surface area contributed by atoms with Crippen LogP contribution in [0, 0.1) is 5.92 Å². The van der Waals surface area contributed by atoms with Crippen LogP contribution in [0.2, 0.25) is 0 Å². The number of hydrogen-bond donors (Lipinski definition) is 1. The molecule has 1 heterocycles. The van der Waals surface area contributed by atoms with Crippen molar-refractivity contribution in [2.45, 2.75) is 96.2 Å². The quantitative estimate of drug-likeness (QED) is 0.564. The first-order valence-corrected chi connectivity index (χ1v) is 12.7. The lowest BCUT2D eigenvalue weighted by molar-refractivity contribution is -0.153. The Bertz CT molecular complexity index is 735. The molecule has 2 aliphatic rings. The van der Waals surface area contributed by atoms with Gasteiger partial charge in [0.05, 0.1) is 11.5 Å². The number of hydrogen-bond acceptors (Lipinski definition) is 4. The summed E-state index contributed by atoms with van der Waals surface area (Å²) in [6.07, 6.45) is 8.43. The van der Waals surface area contributed by atoms with Crippen molar-refractivity contribution < 1.29 is 14.7 Å². The lowest BCUT2D eigenvalue weighted by Crippen LogP contribution is -2.56. The molecule has 1 atom stereocenters. The molecule has 1 amide bonds. The van der Waals surface area contributed by atoms with Crippen molar-refractivity contribution in [1.82, 2.24) is 9.80 Å². The Morgan fingerprint density at radius 1 is 1.06 bits per heavy atom. The molecule has 1 aromatic rings. The van der Waals surface area contributed by atoms with Crippen LogP contribution < -0.4 is 0 Å². The van der Waals surface area contributed by atoms with Gasteiger partial charge in [-0.1, -0.05) is 56.5 Å². The van der Waals surface area contributed by atoms with Crippen molar-refractivity contribution in [3.63, 3.8) is 0 Å². The fraction of sp³-hybridized carbons (Fsp3) is 0.704. The number of rotatable bonds is 9. The third kappa shape index (κ3) is 6.20. The lowest BCUT2D eigenvalue weighted by Gasteiger charge is -2.45. The summed E-state index contributed by atoms with van der Waals surface area (Å²) in [5.41, 5.74) is -0.157. The predicted molar refractivity (Wildman–Crippen MR) is 129 cm³/mol. The molecular weight excluding hydrogens is 400 g/mol. The van der Waals surface area contributed by atoms with E-state index in [-0.39, 0.29) is 23.7 Å². The van der Waals surface area contributed by atoms with Gasteiger partial charge in [0.1, 0.15) is 0 Å². The largest absolute Gasteiger partial charge is 0.389 e. The average Bonchev–Trinajstić information content (AvgIpc) is 2.81. The van der Waals surface area contributed by atoms with E-state index in [4.69, 9.17) is 0 Å². The van der Waals surface area contributed by atoms with Crippen LogP contribution in [-0.2, 0) is 4.79 Å². The van der Waals surface area contributed by atoms with Crippen molar-refractivity contribution in [2.75, 3.05) is 19.6 Å². The Balaban J connectivity index is 1.48. The van der Waals surface area contributed by atoms with Gasteiger partial charge in [0.2, 0.25) is 5.91 Å². The van der Waals surface area contributed by atoms with Crippen LogP contribution in [0.15, 0.2) is 30.3 Å². The van der Waals surface area contributed by atoms with Gasteiger partial charge in [0.25, 0.3) is 0 Å². The third-order valence-electron chi connectivity index (χ3n) is 7.65. The number of piperidine rings is 1. The van der Waals surface area contributed by atoms with E-state index in [1.807, 2.05) is 37.3 Å². The summed E-state index contributed by atoms with van der Waals surface area (Å²) < 4.78 is 0. The van der Waals surface area contributed by atoms with Gasteiger partial charge < -0.3 is 14.9 Å². The van der Waals surface area contributed by atoms with E-state index >= 15 is 0 Å². The maximum Gasteiger partial charge on any atom is 0.228 e. The number of benzene rings is 1. The van der Waals surface area contributed by atoms with Crippen molar-refractivity contribution in [2.24, 2.45) is 5.92 Å². The normalized spacial score (nSPS) is 20.8. The van der Waals surface area contributed by atoms with E-state index in [1.165, 1.54) is 19.3 Å². The first-order chi connectivity index (χ1) is 15.3. The summed E-state index contributed by atoms with van der Waals surface area (Å²) in [5, 5.41) is 11.4. The molecule has 3 rings (SSSR count). The molecule has 1 unspecified atom stereocenters. The maximum atomic E-state index is 13.5. The molecule has 0 bridgehead atoms. The molecule has 1 N–H and O–H groups in total. The minimum Gasteiger partial charge on any atom is -0.389 e. The van der Waals surface area contributed by atoms with Gasteiger partial charge in [-0.25, -0.2) is 0 Å². The fourth-order valence-corrected chi connectivity index (χ4v) is 5.50. The van der Waals surface area contributed by atoms with E-state index in [0.717, 1.165) is 44.5 Å². The van der Waals surface area contributed by atoms with Crippen LogP contribution in [0.25, 0.3) is 0 Å². The number of carbonyl (C=O) groups excluding carboxylic acids is 2. The highest BCUT2D eigenvalue weighted by molar-refractivity contribution is 5.95. The topological polar surface area (TPSA) is 60.9 Å². The summed E-state index contributed by atoms with van der Waals surface area (Å²) in [6.45, 7) is 8.54. The van der Waals surface area contributed by atoms with Gasteiger partial charge in [-0.3, -0.25) is 9.59 Å². The summed E-state index contributed by atoms with van der Waals surface area (Å²) >= 11 is 0. The smallest absolute Gasteiger partial charge is 0.228 e. The zero-order valence-electron chi connectivity index (χ0n) is 20.3. The zero-order valence-corrected chi connectivity index (χ0v) is 20.3. The molecule has 2 fully saturated rings. The van der Waals surface area contributed by atoms with Gasteiger partial charge in [-0.2, -0.15) is 0 Å². The zero-order chi connectivity index (χ0) is 23.1. The number of carbonyl (C=O) groups is 2. The lowest BCUT2D eigenvalue weighted by atomic mass is 9.79. The Morgan fingerprint density at radius 2 is 1.69 bits per heavy atom. The van der Waals surface area contributed by atoms with Gasteiger partial charge in [-0.05, 0) is 52.5 Å². The van der Waals surface area contributed by atoms with Gasteiger partial charge in [0.15, 0.2) is 5.78 Å². The molecule has 5 heteroatoms. The van der Waals surface area contributed by atoms with Crippen molar-refractivity contribution in [1.29, 1.82) is 0 Å². The SMILES string of the molecule is CC(C)N(C(=O)C(C)C1(O)CCN(CCCC(=O)c2ccccc2)CC1)C1CCCCC1.